The zero-order valence-corrected chi connectivity index (χ0v) is 15.0. The molecule has 0 aliphatic carbocycles. The molecule has 1 aromatic rings. The van der Waals surface area contributed by atoms with Gasteiger partial charge in [-0.15, -0.1) is 0 Å². The molecule has 3 rings (SSSR count). The van der Waals surface area contributed by atoms with E-state index in [1.807, 2.05) is 0 Å². The van der Waals surface area contributed by atoms with Crippen molar-refractivity contribution in [1.82, 2.24) is 5.32 Å². The summed E-state index contributed by atoms with van der Waals surface area (Å²) in [5, 5.41) is 21.2. The van der Waals surface area contributed by atoms with Gasteiger partial charge >= 0.3 is 0 Å². The Morgan fingerprint density at radius 3 is 2.71 bits per heavy atom. The Bertz CT molecular complexity index is 962. The molecule has 3 N–H and O–H groups in total. The van der Waals surface area contributed by atoms with Crippen molar-refractivity contribution in [1.29, 1.82) is 0 Å². The standard InChI is InChI=1S/C21H18FNO5/c1-12-8-13(6-7-16(12)22)4-2-3-5-14-9-15(21(27)23-20(14)26)18-10-17(25)19(11-24)28-18/h6-9,15,17-19,24-25H,10-11H2,1H3,(H,23,26,27). The molecule has 1 saturated heterocycles. The van der Waals surface area contributed by atoms with Gasteiger partial charge in [-0.05, 0) is 54.5 Å². The molecular weight excluding hydrogens is 365 g/mol. The first kappa shape index (κ1) is 19.8. The summed E-state index contributed by atoms with van der Waals surface area (Å²) in [7, 11) is 0. The summed E-state index contributed by atoms with van der Waals surface area (Å²) in [6.07, 6.45) is -0.741. The number of hydrogen-bond donors (Lipinski definition) is 3. The van der Waals surface area contributed by atoms with Crippen LogP contribution in [0, 0.1) is 42.3 Å². The van der Waals surface area contributed by atoms with E-state index >= 15 is 0 Å². The fourth-order valence-corrected chi connectivity index (χ4v) is 3.05. The predicted octanol–water partition coefficient (Wildman–Crippen LogP) is 0.199. The van der Waals surface area contributed by atoms with Crippen LogP contribution >= 0.6 is 0 Å². The zero-order valence-electron chi connectivity index (χ0n) is 15.0. The van der Waals surface area contributed by atoms with Crippen molar-refractivity contribution in [2.24, 2.45) is 5.92 Å². The minimum absolute atomic E-state index is 0.0692. The number of nitrogens with one attached hydrogen (secondary N) is 1. The van der Waals surface area contributed by atoms with Crippen LogP contribution in [0.25, 0.3) is 0 Å². The van der Waals surface area contributed by atoms with Crippen LogP contribution in [0.2, 0.25) is 0 Å². The highest BCUT2D eigenvalue weighted by atomic mass is 19.1. The summed E-state index contributed by atoms with van der Waals surface area (Å²) >= 11 is 0. The Morgan fingerprint density at radius 2 is 2.04 bits per heavy atom. The molecule has 4 atom stereocenters. The maximum absolute atomic E-state index is 13.2. The minimum Gasteiger partial charge on any atom is -0.394 e. The lowest BCUT2D eigenvalue weighted by Gasteiger charge is -2.23. The molecule has 2 amide bonds. The van der Waals surface area contributed by atoms with Gasteiger partial charge in [0.05, 0.1) is 30.3 Å². The predicted molar refractivity (Wildman–Crippen MR) is 96.9 cm³/mol. The van der Waals surface area contributed by atoms with E-state index in [-0.39, 0.29) is 24.4 Å². The van der Waals surface area contributed by atoms with Crippen LogP contribution in [0.4, 0.5) is 4.39 Å². The third kappa shape index (κ3) is 4.29. The minimum atomic E-state index is -0.881. The Balaban J connectivity index is 1.77. The number of aliphatic hydroxyl groups is 2. The maximum Gasteiger partial charge on any atom is 0.266 e. The second-order valence-corrected chi connectivity index (χ2v) is 6.59. The third-order valence-corrected chi connectivity index (χ3v) is 4.59. The largest absolute Gasteiger partial charge is 0.394 e. The lowest BCUT2D eigenvalue weighted by Crippen LogP contribution is -2.44. The van der Waals surface area contributed by atoms with Crippen molar-refractivity contribution in [3.05, 3.63) is 46.8 Å². The Hall–Kier alpha value is -2.97. The van der Waals surface area contributed by atoms with Gasteiger partial charge in [-0.3, -0.25) is 14.9 Å². The van der Waals surface area contributed by atoms with Gasteiger partial charge in [0.2, 0.25) is 5.91 Å². The molecule has 0 bridgehead atoms. The van der Waals surface area contributed by atoms with Gasteiger partial charge in [-0.2, -0.15) is 0 Å². The number of ether oxygens (including phenoxy) is 1. The number of rotatable bonds is 2. The smallest absolute Gasteiger partial charge is 0.266 e. The van der Waals surface area contributed by atoms with Gasteiger partial charge in [0.25, 0.3) is 5.91 Å². The van der Waals surface area contributed by atoms with Gasteiger partial charge in [0.1, 0.15) is 11.9 Å². The normalized spacial score (nSPS) is 26.5. The molecular formula is C21H18FNO5. The average molecular weight is 383 g/mol. The fraction of sp³-hybridized carbons (Fsp3) is 0.333. The van der Waals surface area contributed by atoms with Gasteiger partial charge in [-0.1, -0.05) is 5.92 Å². The van der Waals surface area contributed by atoms with Gasteiger partial charge in [-0.25, -0.2) is 4.39 Å². The van der Waals surface area contributed by atoms with Crippen LogP contribution in [0.3, 0.4) is 0 Å². The molecule has 144 valence electrons. The highest BCUT2D eigenvalue weighted by Crippen LogP contribution is 2.29. The quantitative estimate of drug-likeness (QED) is 0.501. The molecule has 4 unspecified atom stereocenters. The molecule has 2 heterocycles. The van der Waals surface area contributed by atoms with E-state index in [1.165, 1.54) is 18.2 Å². The molecule has 2 aliphatic heterocycles. The molecule has 28 heavy (non-hydrogen) atoms. The molecule has 7 heteroatoms. The lowest BCUT2D eigenvalue weighted by atomic mass is 9.92. The Morgan fingerprint density at radius 1 is 1.29 bits per heavy atom. The van der Waals surface area contributed by atoms with Crippen molar-refractivity contribution in [3.63, 3.8) is 0 Å². The molecule has 0 saturated carbocycles. The molecule has 6 nitrogen and oxygen atoms in total. The maximum atomic E-state index is 13.2. The number of amides is 2. The first-order valence-corrected chi connectivity index (χ1v) is 8.68. The number of hydrogen-bond acceptors (Lipinski definition) is 5. The van der Waals surface area contributed by atoms with Crippen molar-refractivity contribution in [2.45, 2.75) is 31.7 Å². The van der Waals surface area contributed by atoms with E-state index in [2.05, 4.69) is 29.0 Å². The number of halogens is 1. The van der Waals surface area contributed by atoms with Gasteiger partial charge in [0, 0.05) is 12.0 Å². The van der Waals surface area contributed by atoms with Crippen LogP contribution in [-0.2, 0) is 14.3 Å². The number of carbonyl (C=O) groups excluding carboxylic acids is 2. The number of carbonyl (C=O) groups is 2. The number of imide groups is 1. The highest BCUT2D eigenvalue weighted by molar-refractivity contribution is 6.11. The van der Waals surface area contributed by atoms with Crippen molar-refractivity contribution in [2.75, 3.05) is 6.61 Å². The monoisotopic (exact) mass is 383 g/mol. The molecule has 0 aromatic heterocycles. The summed E-state index contributed by atoms with van der Waals surface area (Å²) < 4.78 is 18.7. The van der Waals surface area contributed by atoms with E-state index in [1.54, 1.807) is 13.0 Å². The molecule has 1 aromatic carbocycles. The third-order valence-electron chi connectivity index (χ3n) is 4.59. The summed E-state index contributed by atoms with van der Waals surface area (Å²) in [5.41, 5.74) is 1.13. The first-order chi connectivity index (χ1) is 13.4. The van der Waals surface area contributed by atoms with Crippen molar-refractivity contribution in [3.8, 4) is 23.7 Å². The van der Waals surface area contributed by atoms with E-state index in [0.29, 0.717) is 11.1 Å². The summed E-state index contributed by atoms with van der Waals surface area (Å²) in [6.45, 7) is 1.27. The van der Waals surface area contributed by atoms with Gasteiger partial charge in [0.15, 0.2) is 0 Å². The topological polar surface area (TPSA) is 95.9 Å². The second kappa shape index (κ2) is 8.37. The van der Waals surface area contributed by atoms with Gasteiger partial charge < -0.3 is 14.9 Å². The van der Waals surface area contributed by atoms with Crippen molar-refractivity contribution < 1.29 is 28.9 Å². The summed E-state index contributed by atoms with van der Waals surface area (Å²) in [5.74, 6) is 8.21. The lowest BCUT2D eigenvalue weighted by molar-refractivity contribution is -0.134. The average Bonchev–Trinajstić information content (AvgIpc) is 3.03. The van der Waals surface area contributed by atoms with Crippen molar-refractivity contribution >= 4 is 11.8 Å². The highest BCUT2D eigenvalue weighted by Gasteiger charge is 2.42. The summed E-state index contributed by atoms with van der Waals surface area (Å²) in [4.78, 5) is 24.1. The zero-order chi connectivity index (χ0) is 20.3. The van der Waals surface area contributed by atoms with Crippen LogP contribution < -0.4 is 5.32 Å². The number of benzene rings is 1. The van der Waals surface area contributed by atoms with E-state index < -0.39 is 36.0 Å². The van der Waals surface area contributed by atoms with E-state index in [0.717, 1.165) is 0 Å². The van der Waals surface area contributed by atoms with Crippen LogP contribution in [0.15, 0.2) is 29.8 Å². The molecule has 1 fully saturated rings. The van der Waals surface area contributed by atoms with Crippen LogP contribution in [-0.4, -0.2) is 46.9 Å². The van der Waals surface area contributed by atoms with E-state index in [4.69, 9.17) is 9.84 Å². The Kier molecular flexibility index (Phi) is 5.91. The summed E-state index contributed by atoms with van der Waals surface area (Å²) in [6, 6.07) is 4.43. The Labute approximate surface area is 161 Å². The first-order valence-electron chi connectivity index (χ1n) is 8.68. The molecule has 0 spiro atoms. The molecule has 0 radical (unpaired) electrons. The fourth-order valence-electron chi connectivity index (χ4n) is 3.05. The SMILES string of the molecule is Cc1cc(C#CC#CC2=CC(C3CC(O)C(CO)O3)C(=O)NC2=O)ccc1F. The number of aliphatic hydroxyl groups excluding tert-OH is 2. The number of aryl methyl sites for hydroxylation is 1. The second-order valence-electron chi connectivity index (χ2n) is 6.59. The van der Waals surface area contributed by atoms with Crippen LogP contribution in [0.1, 0.15) is 17.5 Å². The van der Waals surface area contributed by atoms with Crippen LogP contribution in [0.5, 0.6) is 0 Å². The molecule has 2 aliphatic rings. The van der Waals surface area contributed by atoms with E-state index in [9.17, 15) is 19.1 Å².